The maximum atomic E-state index is 13.4. The molecule has 1 aliphatic rings. The van der Waals surface area contributed by atoms with E-state index in [4.69, 9.17) is 0 Å². The summed E-state index contributed by atoms with van der Waals surface area (Å²) in [6.45, 7) is 1.64. The summed E-state index contributed by atoms with van der Waals surface area (Å²) in [6.07, 6.45) is 1.05. The first-order valence-corrected chi connectivity index (χ1v) is 6.61. The third-order valence-electron chi connectivity index (χ3n) is 3.56. The summed E-state index contributed by atoms with van der Waals surface area (Å²) in [7, 11) is 1.26. The van der Waals surface area contributed by atoms with Gasteiger partial charge in [0.1, 0.15) is 11.6 Å². The van der Waals surface area contributed by atoms with Crippen molar-refractivity contribution in [2.24, 2.45) is 5.92 Å². The Balaban J connectivity index is 2.26. The number of piperidine rings is 1. The molecule has 2 N–H and O–H groups in total. The van der Waals surface area contributed by atoms with E-state index in [9.17, 15) is 13.6 Å². The largest absolute Gasteiger partial charge is 0.453 e. The molecule has 1 unspecified atom stereocenters. The van der Waals surface area contributed by atoms with Gasteiger partial charge in [-0.3, -0.25) is 0 Å². The number of methoxy groups -OCH3 is 1. The average molecular weight is 284 g/mol. The second kappa shape index (κ2) is 6.65. The van der Waals surface area contributed by atoms with Crippen molar-refractivity contribution in [1.29, 1.82) is 0 Å². The number of carbonyl (C=O) groups excluding carboxylic acids is 1. The van der Waals surface area contributed by atoms with E-state index in [2.05, 4.69) is 15.4 Å². The zero-order valence-corrected chi connectivity index (χ0v) is 11.3. The molecule has 110 valence electrons. The second-order valence-electron chi connectivity index (χ2n) is 4.90. The predicted octanol–water partition coefficient (Wildman–Crippen LogP) is 2.36. The van der Waals surface area contributed by atoms with Gasteiger partial charge in [0.2, 0.25) is 0 Å². The van der Waals surface area contributed by atoms with Crippen molar-refractivity contribution in [3.8, 4) is 0 Å². The smallest absolute Gasteiger partial charge is 0.407 e. The van der Waals surface area contributed by atoms with Crippen molar-refractivity contribution in [2.75, 3.05) is 20.2 Å². The summed E-state index contributed by atoms with van der Waals surface area (Å²) in [5.41, 5.74) is 0.430. The Morgan fingerprint density at radius 1 is 1.30 bits per heavy atom. The molecule has 1 aromatic rings. The third-order valence-corrected chi connectivity index (χ3v) is 3.56. The average Bonchev–Trinajstić information content (AvgIpc) is 2.44. The van der Waals surface area contributed by atoms with E-state index in [-0.39, 0.29) is 5.92 Å². The number of halogens is 2. The molecule has 1 heterocycles. The van der Waals surface area contributed by atoms with Crippen LogP contribution in [0.3, 0.4) is 0 Å². The van der Waals surface area contributed by atoms with Crippen molar-refractivity contribution in [1.82, 2.24) is 10.6 Å². The molecule has 0 aromatic heterocycles. The van der Waals surface area contributed by atoms with Crippen LogP contribution in [0.5, 0.6) is 0 Å². The molecule has 1 atom stereocenters. The molecular formula is C14H18F2N2O2. The van der Waals surface area contributed by atoms with Gasteiger partial charge >= 0.3 is 6.09 Å². The molecule has 6 heteroatoms. The molecule has 2 rings (SSSR count). The lowest BCUT2D eigenvalue weighted by molar-refractivity contribution is 0.158. The standard InChI is InChI=1S/C14H18F2N2O2/c1-20-14(19)18-13(9-2-4-17-5-3-9)10-6-11(15)8-12(16)7-10/h6-9,13,17H,2-5H2,1H3,(H,18,19). The number of benzene rings is 1. The number of nitrogens with one attached hydrogen (secondary N) is 2. The molecular weight excluding hydrogens is 266 g/mol. The molecule has 0 spiro atoms. The van der Waals surface area contributed by atoms with Crippen LogP contribution in [0.25, 0.3) is 0 Å². The van der Waals surface area contributed by atoms with Crippen LogP contribution in [0.4, 0.5) is 13.6 Å². The summed E-state index contributed by atoms with van der Waals surface area (Å²) in [4.78, 5) is 11.5. The molecule has 1 amide bonds. The molecule has 1 aliphatic heterocycles. The van der Waals surface area contributed by atoms with Crippen molar-refractivity contribution in [2.45, 2.75) is 18.9 Å². The van der Waals surface area contributed by atoms with E-state index in [1.165, 1.54) is 19.2 Å². The highest BCUT2D eigenvalue weighted by atomic mass is 19.1. The van der Waals surface area contributed by atoms with Gasteiger partial charge in [-0.05, 0) is 49.5 Å². The molecule has 1 fully saturated rings. The highest BCUT2D eigenvalue weighted by molar-refractivity contribution is 5.67. The number of alkyl carbamates (subject to hydrolysis) is 1. The summed E-state index contributed by atoms with van der Waals surface area (Å²) in [6, 6.07) is 2.88. The normalized spacial score (nSPS) is 17.6. The van der Waals surface area contributed by atoms with Gasteiger partial charge in [-0.25, -0.2) is 13.6 Å². The van der Waals surface area contributed by atoms with Crippen LogP contribution in [0.15, 0.2) is 18.2 Å². The van der Waals surface area contributed by atoms with Crippen molar-refractivity contribution in [3.05, 3.63) is 35.4 Å². The lowest BCUT2D eigenvalue weighted by Crippen LogP contribution is -2.38. The van der Waals surface area contributed by atoms with Gasteiger partial charge in [0.05, 0.1) is 13.2 Å². The van der Waals surface area contributed by atoms with Gasteiger partial charge in [0.25, 0.3) is 0 Å². The number of hydrogen-bond donors (Lipinski definition) is 2. The van der Waals surface area contributed by atoms with Gasteiger partial charge in [-0.1, -0.05) is 0 Å². The van der Waals surface area contributed by atoms with E-state index in [0.717, 1.165) is 32.0 Å². The van der Waals surface area contributed by atoms with Gasteiger partial charge in [-0.2, -0.15) is 0 Å². The van der Waals surface area contributed by atoms with Crippen LogP contribution >= 0.6 is 0 Å². The Bertz CT molecular complexity index is 456. The topological polar surface area (TPSA) is 50.4 Å². The number of hydrogen-bond acceptors (Lipinski definition) is 3. The van der Waals surface area contributed by atoms with Crippen molar-refractivity contribution in [3.63, 3.8) is 0 Å². The lowest BCUT2D eigenvalue weighted by atomic mass is 9.86. The molecule has 0 bridgehead atoms. The number of ether oxygens (including phenoxy) is 1. The molecule has 0 aliphatic carbocycles. The monoisotopic (exact) mass is 284 g/mol. The minimum absolute atomic E-state index is 0.122. The molecule has 0 radical (unpaired) electrons. The summed E-state index contributed by atoms with van der Waals surface area (Å²) in [5, 5.41) is 5.90. The zero-order chi connectivity index (χ0) is 14.5. The summed E-state index contributed by atoms with van der Waals surface area (Å²) >= 11 is 0. The minimum atomic E-state index is -0.648. The molecule has 0 saturated carbocycles. The van der Waals surface area contributed by atoms with Gasteiger partial charge < -0.3 is 15.4 Å². The highest BCUT2D eigenvalue weighted by Gasteiger charge is 2.27. The van der Waals surface area contributed by atoms with Crippen LogP contribution in [0.2, 0.25) is 0 Å². The third kappa shape index (κ3) is 3.66. The first kappa shape index (κ1) is 14.7. The first-order chi connectivity index (χ1) is 9.60. The van der Waals surface area contributed by atoms with Crippen LogP contribution < -0.4 is 10.6 Å². The molecule has 4 nitrogen and oxygen atoms in total. The zero-order valence-electron chi connectivity index (χ0n) is 11.3. The predicted molar refractivity (Wildman–Crippen MR) is 70.2 cm³/mol. The Labute approximate surface area is 116 Å². The van der Waals surface area contributed by atoms with Crippen LogP contribution in [-0.4, -0.2) is 26.3 Å². The van der Waals surface area contributed by atoms with E-state index in [0.29, 0.717) is 5.56 Å². The minimum Gasteiger partial charge on any atom is -0.453 e. The molecule has 20 heavy (non-hydrogen) atoms. The number of rotatable bonds is 3. The maximum Gasteiger partial charge on any atom is 0.407 e. The maximum absolute atomic E-state index is 13.4. The van der Waals surface area contributed by atoms with Crippen LogP contribution in [0, 0.1) is 17.6 Å². The van der Waals surface area contributed by atoms with E-state index < -0.39 is 23.8 Å². The van der Waals surface area contributed by atoms with Gasteiger partial charge in [0.15, 0.2) is 0 Å². The second-order valence-corrected chi connectivity index (χ2v) is 4.90. The summed E-state index contributed by atoms with van der Waals surface area (Å²) in [5.74, 6) is -1.17. The fourth-order valence-electron chi connectivity index (χ4n) is 2.59. The van der Waals surface area contributed by atoms with E-state index in [1.807, 2.05) is 0 Å². The Hall–Kier alpha value is -1.69. The van der Waals surface area contributed by atoms with Crippen molar-refractivity contribution < 1.29 is 18.3 Å². The van der Waals surface area contributed by atoms with Gasteiger partial charge in [0, 0.05) is 6.07 Å². The Morgan fingerprint density at radius 2 is 1.90 bits per heavy atom. The highest BCUT2D eigenvalue weighted by Crippen LogP contribution is 2.30. The Morgan fingerprint density at radius 3 is 2.45 bits per heavy atom. The fourth-order valence-corrected chi connectivity index (χ4v) is 2.59. The molecule has 1 aromatic carbocycles. The lowest BCUT2D eigenvalue weighted by Gasteiger charge is -2.31. The Kier molecular flexibility index (Phi) is 4.89. The number of carbonyl (C=O) groups is 1. The SMILES string of the molecule is COC(=O)NC(c1cc(F)cc(F)c1)C1CCNCC1. The molecule has 1 saturated heterocycles. The number of amides is 1. The summed E-state index contributed by atoms with van der Waals surface area (Å²) < 4.78 is 31.4. The quantitative estimate of drug-likeness (QED) is 0.896. The van der Waals surface area contributed by atoms with Crippen molar-refractivity contribution >= 4 is 6.09 Å². The fraction of sp³-hybridized carbons (Fsp3) is 0.500. The van der Waals surface area contributed by atoms with Crippen LogP contribution in [-0.2, 0) is 4.74 Å². The van der Waals surface area contributed by atoms with E-state index in [1.54, 1.807) is 0 Å². The first-order valence-electron chi connectivity index (χ1n) is 6.61. The van der Waals surface area contributed by atoms with Gasteiger partial charge in [-0.15, -0.1) is 0 Å². The van der Waals surface area contributed by atoms with E-state index >= 15 is 0 Å². The van der Waals surface area contributed by atoms with Crippen LogP contribution in [0.1, 0.15) is 24.4 Å².